The van der Waals surface area contributed by atoms with Gasteiger partial charge in [-0.3, -0.25) is 4.79 Å². The Balaban J connectivity index is 1.33. The molecule has 30 heavy (non-hydrogen) atoms. The van der Waals surface area contributed by atoms with E-state index < -0.39 is 9.84 Å². The van der Waals surface area contributed by atoms with E-state index in [2.05, 4.69) is 4.98 Å². The van der Waals surface area contributed by atoms with Gasteiger partial charge in [-0.1, -0.05) is 29.3 Å². The van der Waals surface area contributed by atoms with E-state index in [0.717, 1.165) is 23.9 Å². The van der Waals surface area contributed by atoms with Gasteiger partial charge >= 0.3 is 0 Å². The molecule has 0 spiro atoms. The van der Waals surface area contributed by atoms with Crippen molar-refractivity contribution in [3.05, 3.63) is 58.9 Å². The molecule has 1 aliphatic rings. The van der Waals surface area contributed by atoms with E-state index >= 15 is 0 Å². The Morgan fingerprint density at radius 3 is 2.57 bits per heavy atom. The lowest BCUT2D eigenvalue weighted by molar-refractivity contribution is -0.131. The number of nitrogens with zero attached hydrogens (tertiary/aromatic N) is 2. The summed E-state index contributed by atoms with van der Waals surface area (Å²) in [5.74, 6) is 0.493. The number of sulfone groups is 1. The van der Waals surface area contributed by atoms with Crippen LogP contribution in [0.5, 0.6) is 0 Å². The van der Waals surface area contributed by atoms with Gasteiger partial charge in [0.2, 0.25) is 5.91 Å². The van der Waals surface area contributed by atoms with E-state index in [4.69, 9.17) is 16.0 Å². The number of oxazole rings is 1. The van der Waals surface area contributed by atoms with E-state index in [0.29, 0.717) is 29.6 Å². The maximum absolute atomic E-state index is 12.6. The van der Waals surface area contributed by atoms with Gasteiger partial charge in [-0.2, -0.15) is 0 Å². The predicted octanol–water partition coefficient (Wildman–Crippen LogP) is 4.36. The number of rotatable bonds is 5. The van der Waals surface area contributed by atoms with Crippen molar-refractivity contribution in [2.75, 3.05) is 18.8 Å². The molecule has 1 amide bonds. The minimum atomic E-state index is -3.47. The zero-order valence-corrected chi connectivity index (χ0v) is 18.2. The van der Waals surface area contributed by atoms with Gasteiger partial charge in [0.05, 0.1) is 10.6 Å². The third kappa shape index (κ3) is 4.52. The van der Waals surface area contributed by atoms with Crippen LogP contribution in [0.15, 0.2) is 51.8 Å². The number of benzene rings is 2. The first kappa shape index (κ1) is 20.9. The molecule has 6 nitrogen and oxygen atoms in total. The molecule has 8 heteroatoms. The van der Waals surface area contributed by atoms with Crippen molar-refractivity contribution in [1.82, 2.24) is 9.88 Å². The number of hydrogen-bond acceptors (Lipinski definition) is 5. The van der Waals surface area contributed by atoms with E-state index in [1.54, 1.807) is 47.4 Å². The van der Waals surface area contributed by atoms with E-state index in [1.807, 2.05) is 6.92 Å². The minimum absolute atomic E-state index is 0.0116. The van der Waals surface area contributed by atoms with Gasteiger partial charge in [0.25, 0.3) is 0 Å². The van der Waals surface area contributed by atoms with Crippen LogP contribution in [0.1, 0.15) is 36.6 Å². The van der Waals surface area contributed by atoms with Crippen LogP contribution < -0.4 is 0 Å². The summed E-state index contributed by atoms with van der Waals surface area (Å²) in [5, 5.41) is 0.614. The average Bonchev–Trinajstić information content (AvgIpc) is 3.16. The molecule has 4 rings (SSSR count). The molecule has 158 valence electrons. The smallest absolute Gasteiger partial charge is 0.223 e. The second-order valence-corrected chi connectivity index (χ2v) is 10.2. The van der Waals surface area contributed by atoms with Crippen molar-refractivity contribution in [1.29, 1.82) is 0 Å². The minimum Gasteiger partial charge on any atom is -0.440 e. The fourth-order valence-electron chi connectivity index (χ4n) is 3.71. The highest BCUT2D eigenvalue weighted by Crippen LogP contribution is 2.31. The molecule has 0 radical (unpaired) electrons. The lowest BCUT2D eigenvalue weighted by Gasteiger charge is -2.30. The number of piperidine rings is 1. The molecular weight excluding hydrogens is 424 g/mol. The quantitative estimate of drug-likeness (QED) is 0.581. The molecule has 3 aromatic rings. The van der Waals surface area contributed by atoms with Crippen molar-refractivity contribution in [3.8, 4) is 0 Å². The van der Waals surface area contributed by atoms with E-state index in [9.17, 15) is 13.2 Å². The number of aromatic nitrogens is 1. The van der Waals surface area contributed by atoms with E-state index in [-0.39, 0.29) is 28.9 Å². The van der Waals surface area contributed by atoms with Crippen LogP contribution in [0.2, 0.25) is 5.02 Å². The molecule has 1 saturated heterocycles. The van der Waals surface area contributed by atoms with Crippen molar-refractivity contribution in [2.24, 2.45) is 0 Å². The molecule has 0 saturated carbocycles. The van der Waals surface area contributed by atoms with Gasteiger partial charge in [0.15, 0.2) is 21.3 Å². The first-order valence-electron chi connectivity index (χ1n) is 9.95. The molecule has 1 aliphatic heterocycles. The van der Waals surface area contributed by atoms with Gasteiger partial charge in [-0.25, -0.2) is 13.4 Å². The monoisotopic (exact) mass is 446 g/mol. The number of likely N-dealkylation sites (tertiary alicyclic amines) is 1. The van der Waals surface area contributed by atoms with Gasteiger partial charge in [-0.05, 0) is 50.1 Å². The van der Waals surface area contributed by atoms with Crippen molar-refractivity contribution in [2.45, 2.75) is 37.0 Å². The highest BCUT2D eigenvalue weighted by Gasteiger charge is 2.28. The maximum Gasteiger partial charge on any atom is 0.223 e. The molecule has 0 atom stereocenters. The van der Waals surface area contributed by atoms with Gasteiger partial charge in [0.1, 0.15) is 5.52 Å². The molecule has 0 unspecified atom stereocenters. The standard InChI is InChI=1S/C22H23ClN2O4S/c1-15-2-5-18(6-3-15)30(27,28)13-10-21(26)25-11-8-16(9-12-25)22-24-19-14-17(23)4-7-20(19)29-22/h2-7,14,16H,8-13H2,1H3. The second kappa shape index (κ2) is 8.40. The summed E-state index contributed by atoms with van der Waals surface area (Å²) in [6, 6.07) is 12.1. The van der Waals surface area contributed by atoms with Crippen LogP contribution in [0.3, 0.4) is 0 Å². The summed E-state index contributed by atoms with van der Waals surface area (Å²) in [4.78, 5) is 19.1. The highest BCUT2D eigenvalue weighted by molar-refractivity contribution is 7.91. The third-order valence-corrected chi connectivity index (χ3v) is 7.49. The van der Waals surface area contributed by atoms with E-state index in [1.165, 1.54) is 0 Å². The lowest BCUT2D eigenvalue weighted by Crippen LogP contribution is -2.38. The molecule has 2 heterocycles. The molecule has 2 aromatic carbocycles. The van der Waals surface area contributed by atoms with Crippen molar-refractivity contribution in [3.63, 3.8) is 0 Å². The normalized spacial score (nSPS) is 15.6. The third-order valence-electron chi connectivity index (χ3n) is 5.53. The molecule has 1 fully saturated rings. The highest BCUT2D eigenvalue weighted by atomic mass is 35.5. The number of hydrogen-bond donors (Lipinski definition) is 0. The number of halogens is 1. The molecule has 0 aliphatic carbocycles. The SMILES string of the molecule is Cc1ccc(S(=O)(=O)CCC(=O)N2CCC(c3nc4cc(Cl)ccc4o3)CC2)cc1. The number of aryl methyl sites for hydroxylation is 1. The first-order chi connectivity index (χ1) is 14.3. The maximum atomic E-state index is 12.6. The second-order valence-electron chi connectivity index (χ2n) is 7.70. The van der Waals surface area contributed by atoms with Crippen molar-refractivity contribution >= 4 is 38.4 Å². The summed E-state index contributed by atoms with van der Waals surface area (Å²) in [5.41, 5.74) is 2.43. The van der Waals surface area contributed by atoms with Gasteiger partial charge in [0, 0.05) is 30.5 Å². The topological polar surface area (TPSA) is 80.5 Å². The number of amides is 1. The summed E-state index contributed by atoms with van der Waals surface area (Å²) < 4.78 is 30.8. The number of carbonyl (C=O) groups excluding carboxylic acids is 1. The summed E-state index contributed by atoms with van der Waals surface area (Å²) in [7, 11) is -3.47. The molecular formula is C22H23ClN2O4S. The Morgan fingerprint density at radius 1 is 1.17 bits per heavy atom. The fraction of sp³-hybridized carbons (Fsp3) is 0.364. The van der Waals surface area contributed by atoms with Crippen LogP contribution in [-0.2, 0) is 14.6 Å². The van der Waals surface area contributed by atoms with Gasteiger partial charge < -0.3 is 9.32 Å². The number of fused-ring (bicyclic) bond motifs is 1. The summed E-state index contributed by atoms with van der Waals surface area (Å²) in [6.07, 6.45) is 1.45. The fourth-order valence-corrected chi connectivity index (χ4v) is 5.11. The van der Waals surface area contributed by atoms with Gasteiger partial charge in [-0.15, -0.1) is 0 Å². The zero-order valence-electron chi connectivity index (χ0n) is 16.7. The summed E-state index contributed by atoms with van der Waals surface area (Å²) in [6.45, 7) is 3.03. The Hall–Kier alpha value is -2.38. The Bertz CT molecular complexity index is 1160. The van der Waals surface area contributed by atoms with Crippen LogP contribution in [-0.4, -0.2) is 43.1 Å². The van der Waals surface area contributed by atoms with Crippen LogP contribution >= 0.6 is 11.6 Å². The molecule has 1 aromatic heterocycles. The first-order valence-corrected chi connectivity index (χ1v) is 12.0. The Kier molecular flexibility index (Phi) is 5.84. The van der Waals surface area contributed by atoms with Crippen LogP contribution in [0.25, 0.3) is 11.1 Å². The van der Waals surface area contributed by atoms with Crippen LogP contribution in [0, 0.1) is 6.92 Å². The van der Waals surface area contributed by atoms with Crippen molar-refractivity contribution < 1.29 is 17.6 Å². The Labute approximate surface area is 180 Å². The molecule has 0 N–H and O–H groups in total. The van der Waals surface area contributed by atoms with Crippen LogP contribution in [0.4, 0.5) is 0 Å². The number of carbonyl (C=O) groups is 1. The predicted molar refractivity (Wildman–Crippen MR) is 115 cm³/mol. The average molecular weight is 447 g/mol. The Morgan fingerprint density at radius 2 is 1.87 bits per heavy atom. The zero-order chi connectivity index (χ0) is 21.3. The summed E-state index contributed by atoms with van der Waals surface area (Å²) >= 11 is 6.01. The molecule has 0 bridgehead atoms. The lowest BCUT2D eigenvalue weighted by atomic mass is 9.96. The largest absolute Gasteiger partial charge is 0.440 e.